The summed E-state index contributed by atoms with van der Waals surface area (Å²) in [6.45, 7) is 1.97. The maximum atomic E-state index is 13.5. The van der Waals surface area contributed by atoms with Crippen molar-refractivity contribution in [1.82, 2.24) is 4.31 Å². The first-order chi connectivity index (χ1) is 12.6. The van der Waals surface area contributed by atoms with Gasteiger partial charge in [0.15, 0.2) is 0 Å². The molecule has 1 saturated heterocycles. The van der Waals surface area contributed by atoms with Crippen LogP contribution in [0.1, 0.15) is 0 Å². The molecule has 1 fully saturated rings. The zero-order valence-electron chi connectivity index (χ0n) is 14.1. The van der Waals surface area contributed by atoms with E-state index in [0.29, 0.717) is 49.3 Å². The SMILES string of the molecule is O=S(=O)(c1ccc(OCCSc2ccccc2F)cc1)N1CCOCC1. The van der Waals surface area contributed by atoms with Crippen LogP contribution in [0.2, 0.25) is 0 Å². The van der Waals surface area contributed by atoms with Crippen molar-refractivity contribution in [1.29, 1.82) is 0 Å². The zero-order valence-corrected chi connectivity index (χ0v) is 15.8. The van der Waals surface area contributed by atoms with E-state index in [1.54, 1.807) is 42.5 Å². The van der Waals surface area contributed by atoms with Crippen LogP contribution in [-0.4, -0.2) is 51.4 Å². The minimum atomic E-state index is -3.49. The molecule has 0 atom stereocenters. The van der Waals surface area contributed by atoms with Gasteiger partial charge in [0.2, 0.25) is 10.0 Å². The lowest BCUT2D eigenvalue weighted by molar-refractivity contribution is 0.0730. The third kappa shape index (κ3) is 4.76. The fourth-order valence-corrected chi connectivity index (χ4v) is 4.69. The molecule has 0 radical (unpaired) electrons. The second kappa shape index (κ2) is 8.85. The van der Waals surface area contributed by atoms with Crippen molar-refractivity contribution in [2.75, 3.05) is 38.7 Å². The molecule has 0 amide bonds. The van der Waals surface area contributed by atoms with Crippen LogP contribution in [0.25, 0.3) is 0 Å². The summed E-state index contributed by atoms with van der Waals surface area (Å²) in [5.74, 6) is 0.935. The summed E-state index contributed by atoms with van der Waals surface area (Å²) in [5.41, 5.74) is 0. The highest BCUT2D eigenvalue weighted by Gasteiger charge is 2.26. The van der Waals surface area contributed by atoms with E-state index in [4.69, 9.17) is 9.47 Å². The number of thioether (sulfide) groups is 1. The Balaban J connectivity index is 1.52. The van der Waals surface area contributed by atoms with Crippen LogP contribution in [0.4, 0.5) is 4.39 Å². The van der Waals surface area contributed by atoms with E-state index in [2.05, 4.69) is 0 Å². The summed E-state index contributed by atoms with van der Waals surface area (Å²) in [6.07, 6.45) is 0. The molecule has 0 aromatic heterocycles. The minimum absolute atomic E-state index is 0.241. The maximum Gasteiger partial charge on any atom is 0.243 e. The van der Waals surface area contributed by atoms with Crippen LogP contribution in [0.5, 0.6) is 5.75 Å². The lowest BCUT2D eigenvalue weighted by Gasteiger charge is -2.26. The standard InChI is InChI=1S/C18H20FNO4S2/c19-17-3-1-2-4-18(17)25-14-13-24-15-5-7-16(8-6-15)26(21,22)20-9-11-23-12-10-20/h1-8H,9-14H2. The molecule has 0 saturated carbocycles. The van der Waals surface area contributed by atoms with E-state index >= 15 is 0 Å². The van der Waals surface area contributed by atoms with Gasteiger partial charge in [-0.3, -0.25) is 0 Å². The number of hydrogen-bond acceptors (Lipinski definition) is 5. The predicted molar refractivity (Wildman–Crippen MR) is 98.6 cm³/mol. The van der Waals surface area contributed by atoms with Crippen LogP contribution in [-0.2, 0) is 14.8 Å². The highest BCUT2D eigenvalue weighted by atomic mass is 32.2. The Labute approximate surface area is 157 Å². The number of nitrogens with zero attached hydrogens (tertiary/aromatic N) is 1. The molecule has 2 aromatic carbocycles. The summed E-state index contributed by atoms with van der Waals surface area (Å²) in [5, 5.41) is 0. The van der Waals surface area contributed by atoms with E-state index in [-0.39, 0.29) is 10.7 Å². The van der Waals surface area contributed by atoms with E-state index in [1.807, 2.05) is 0 Å². The van der Waals surface area contributed by atoms with Gasteiger partial charge in [0.25, 0.3) is 0 Å². The van der Waals surface area contributed by atoms with Crippen molar-refractivity contribution >= 4 is 21.8 Å². The molecule has 140 valence electrons. The van der Waals surface area contributed by atoms with Crippen LogP contribution in [0, 0.1) is 5.82 Å². The van der Waals surface area contributed by atoms with Gasteiger partial charge in [-0.25, -0.2) is 12.8 Å². The average Bonchev–Trinajstić information content (AvgIpc) is 2.67. The van der Waals surface area contributed by atoms with Crippen molar-refractivity contribution in [2.45, 2.75) is 9.79 Å². The average molecular weight is 397 g/mol. The lowest BCUT2D eigenvalue weighted by Crippen LogP contribution is -2.40. The molecule has 3 rings (SSSR count). The number of hydrogen-bond donors (Lipinski definition) is 0. The smallest absolute Gasteiger partial charge is 0.243 e. The van der Waals surface area contributed by atoms with Gasteiger partial charge in [-0.05, 0) is 36.4 Å². The molecule has 1 heterocycles. The predicted octanol–water partition coefficient (Wildman–Crippen LogP) is 3.02. The first-order valence-electron chi connectivity index (χ1n) is 8.25. The van der Waals surface area contributed by atoms with Crippen molar-refractivity contribution < 1.29 is 22.3 Å². The van der Waals surface area contributed by atoms with Crippen LogP contribution >= 0.6 is 11.8 Å². The van der Waals surface area contributed by atoms with Gasteiger partial charge < -0.3 is 9.47 Å². The molecule has 0 bridgehead atoms. The fourth-order valence-electron chi connectivity index (χ4n) is 2.52. The fraction of sp³-hybridized carbons (Fsp3) is 0.333. The van der Waals surface area contributed by atoms with E-state index in [0.717, 1.165) is 0 Å². The number of sulfonamides is 1. The third-order valence-electron chi connectivity index (χ3n) is 3.88. The van der Waals surface area contributed by atoms with Gasteiger partial charge in [0.05, 0.1) is 24.7 Å². The Bertz CT molecular complexity index is 821. The normalized spacial score (nSPS) is 15.7. The zero-order chi connectivity index (χ0) is 18.4. The Hall–Kier alpha value is -1.61. The number of halogens is 1. The summed E-state index contributed by atoms with van der Waals surface area (Å²) < 4.78 is 50.8. The third-order valence-corrected chi connectivity index (χ3v) is 6.80. The van der Waals surface area contributed by atoms with Crippen LogP contribution in [0.15, 0.2) is 58.3 Å². The lowest BCUT2D eigenvalue weighted by atomic mass is 10.3. The van der Waals surface area contributed by atoms with E-state index < -0.39 is 10.0 Å². The highest BCUT2D eigenvalue weighted by Crippen LogP contribution is 2.23. The molecule has 8 heteroatoms. The van der Waals surface area contributed by atoms with Gasteiger partial charge in [-0.15, -0.1) is 11.8 Å². The number of morpholine rings is 1. The largest absolute Gasteiger partial charge is 0.493 e. The summed E-state index contributed by atoms with van der Waals surface area (Å²) in [6, 6.07) is 13.0. The Morgan fingerprint density at radius 1 is 1.08 bits per heavy atom. The molecule has 0 aliphatic carbocycles. The maximum absolute atomic E-state index is 13.5. The van der Waals surface area contributed by atoms with Crippen molar-refractivity contribution in [3.63, 3.8) is 0 Å². The first kappa shape index (κ1) is 19.2. The summed E-state index contributed by atoms with van der Waals surface area (Å²) in [7, 11) is -3.49. The molecule has 0 spiro atoms. The molecular formula is C18H20FNO4S2. The van der Waals surface area contributed by atoms with Gasteiger partial charge in [0.1, 0.15) is 11.6 Å². The van der Waals surface area contributed by atoms with Gasteiger partial charge in [-0.1, -0.05) is 12.1 Å². The molecule has 1 aliphatic rings. The van der Waals surface area contributed by atoms with Crippen LogP contribution in [0.3, 0.4) is 0 Å². The molecule has 0 unspecified atom stereocenters. The number of rotatable bonds is 7. The quantitative estimate of drug-likeness (QED) is 0.531. The van der Waals surface area contributed by atoms with Crippen LogP contribution < -0.4 is 4.74 Å². The Morgan fingerprint density at radius 2 is 1.77 bits per heavy atom. The minimum Gasteiger partial charge on any atom is -0.493 e. The molecule has 2 aromatic rings. The van der Waals surface area contributed by atoms with Gasteiger partial charge >= 0.3 is 0 Å². The van der Waals surface area contributed by atoms with Gasteiger partial charge in [-0.2, -0.15) is 4.31 Å². The first-order valence-corrected chi connectivity index (χ1v) is 10.7. The summed E-state index contributed by atoms with van der Waals surface area (Å²) in [4.78, 5) is 0.829. The Morgan fingerprint density at radius 3 is 2.46 bits per heavy atom. The Kier molecular flexibility index (Phi) is 6.53. The van der Waals surface area contributed by atoms with Crippen molar-refractivity contribution in [3.05, 3.63) is 54.3 Å². The molecule has 5 nitrogen and oxygen atoms in total. The van der Waals surface area contributed by atoms with E-state index in [1.165, 1.54) is 22.1 Å². The molecule has 0 N–H and O–H groups in total. The topological polar surface area (TPSA) is 55.8 Å². The number of ether oxygens (including phenoxy) is 2. The van der Waals surface area contributed by atoms with Crippen molar-refractivity contribution in [3.8, 4) is 5.75 Å². The molecule has 1 aliphatic heterocycles. The van der Waals surface area contributed by atoms with Crippen molar-refractivity contribution in [2.24, 2.45) is 0 Å². The summed E-state index contributed by atoms with van der Waals surface area (Å²) >= 11 is 1.38. The molecule has 26 heavy (non-hydrogen) atoms. The van der Waals surface area contributed by atoms with Gasteiger partial charge in [0, 0.05) is 23.7 Å². The monoisotopic (exact) mass is 397 g/mol. The second-order valence-corrected chi connectivity index (χ2v) is 8.69. The number of benzene rings is 2. The highest BCUT2D eigenvalue weighted by molar-refractivity contribution is 7.99. The second-order valence-electron chi connectivity index (χ2n) is 5.62. The molecular weight excluding hydrogens is 377 g/mol. The van der Waals surface area contributed by atoms with E-state index in [9.17, 15) is 12.8 Å².